The zero-order chi connectivity index (χ0) is 12.1. The molecular formula is C9H18N2O3S. The van der Waals surface area contributed by atoms with Gasteiger partial charge >= 0.3 is 6.09 Å². The Labute approximate surface area is 92.7 Å². The van der Waals surface area contributed by atoms with Crippen LogP contribution in [0.4, 0.5) is 4.79 Å². The third-order valence-corrected chi connectivity index (χ3v) is 2.33. The van der Waals surface area contributed by atoms with Gasteiger partial charge in [0.2, 0.25) is 0 Å². The Morgan fingerprint density at radius 1 is 1.47 bits per heavy atom. The molecule has 0 spiro atoms. The van der Waals surface area contributed by atoms with Crippen LogP contribution in [0.1, 0.15) is 20.8 Å². The molecule has 15 heavy (non-hydrogen) atoms. The molecule has 0 fully saturated rings. The first kappa shape index (κ1) is 14.1. The summed E-state index contributed by atoms with van der Waals surface area (Å²) >= 11 is 0. The normalized spacial score (nSPS) is 14.6. The highest BCUT2D eigenvalue weighted by atomic mass is 32.2. The minimum Gasteiger partial charge on any atom is -0.323 e. The second-order valence-corrected chi connectivity index (χ2v) is 5.57. The predicted molar refractivity (Wildman–Crippen MR) is 61.4 cm³/mol. The molecule has 88 valence electrons. The molecule has 0 saturated heterocycles. The van der Waals surface area contributed by atoms with Gasteiger partial charge in [0.25, 0.3) is 0 Å². The Balaban J connectivity index is 4.63. The molecule has 0 aromatic rings. The molecule has 0 aliphatic heterocycles. The lowest BCUT2D eigenvalue weighted by Crippen LogP contribution is -2.27. The summed E-state index contributed by atoms with van der Waals surface area (Å²) in [5, 5.41) is 6.00. The van der Waals surface area contributed by atoms with E-state index >= 15 is 0 Å². The first-order chi connectivity index (χ1) is 6.77. The van der Waals surface area contributed by atoms with Crippen molar-refractivity contribution in [1.29, 1.82) is 0 Å². The molecule has 0 aromatic heterocycles. The van der Waals surface area contributed by atoms with Crippen LogP contribution < -0.4 is 5.32 Å². The van der Waals surface area contributed by atoms with Gasteiger partial charge in [0, 0.05) is 29.5 Å². The maximum absolute atomic E-state index is 11.1. The highest BCUT2D eigenvalue weighted by Gasteiger charge is 2.21. The SMILES string of the molecule is CNC(=O)O/N=C(\C[S@@](C)=O)C(C)(C)C. The average Bonchev–Trinajstić information content (AvgIpc) is 2.09. The van der Waals surface area contributed by atoms with Crippen LogP contribution in [0.3, 0.4) is 0 Å². The Morgan fingerprint density at radius 3 is 2.33 bits per heavy atom. The van der Waals surface area contributed by atoms with Crippen LogP contribution in [0.2, 0.25) is 0 Å². The fourth-order valence-corrected chi connectivity index (χ4v) is 1.59. The number of hydrogen-bond donors (Lipinski definition) is 1. The van der Waals surface area contributed by atoms with E-state index in [4.69, 9.17) is 0 Å². The summed E-state index contributed by atoms with van der Waals surface area (Å²) in [5.41, 5.74) is 0.339. The third kappa shape index (κ3) is 6.22. The summed E-state index contributed by atoms with van der Waals surface area (Å²) in [6.45, 7) is 5.77. The van der Waals surface area contributed by atoms with Crippen molar-refractivity contribution in [3.8, 4) is 0 Å². The van der Waals surface area contributed by atoms with Crippen LogP contribution in [0.25, 0.3) is 0 Å². The molecule has 5 nitrogen and oxygen atoms in total. The molecule has 0 aliphatic rings. The molecule has 0 radical (unpaired) electrons. The zero-order valence-corrected chi connectivity index (χ0v) is 10.6. The van der Waals surface area contributed by atoms with E-state index in [2.05, 4.69) is 15.3 Å². The van der Waals surface area contributed by atoms with Gasteiger partial charge in [-0.25, -0.2) is 4.79 Å². The number of nitrogens with one attached hydrogen (secondary N) is 1. The average molecular weight is 234 g/mol. The Kier molecular flexibility index (Phi) is 5.49. The van der Waals surface area contributed by atoms with Crippen molar-refractivity contribution in [3.05, 3.63) is 0 Å². The van der Waals surface area contributed by atoms with Crippen molar-refractivity contribution in [2.45, 2.75) is 20.8 Å². The van der Waals surface area contributed by atoms with Crippen LogP contribution in [-0.2, 0) is 15.6 Å². The summed E-state index contributed by atoms with van der Waals surface area (Å²) in [5.74, 6) is 0.306. The van der Waals surface area contributed by atoms with E-state index in [0.29, 0.717) is 11.5 Å². The molecule has 0 rings (SSSR count). The van der Waals surface area contributed by atoms with Gasteiger partial charge in [-0.2, -0.15) is 0 Å². The molecular weight excluding hydrogens is 216 g/mol. The molecule has 0 aliphatic carbocycles. The van der Waals surface area contributed by atoms with E-state index in [1.54, 1.807) is 6.26 Å². The van der Waals surface area contributed by atoms with Crippen LogP contribution >= 0.6 is 0 Å². The Bertz CT molecular complexity index is 282. The molecule has 0 heterocycles. The number of hydrogen-bond acceptors (Lipinski definition) is 4. The quantitative estimate of drug-likeness (QED) is 0.452. The van der Waals surface area contributed by atoms with Crippen molar-refractivity contribution in [3.63, 3.8) is 0 Å². The number of amides is 1. The standard InChI is InChI=1S/C9H18N2O3S/c1-9(2,3)7(6-15(5)13)11-14-8(12)10-4/h6H2,1-5H3,(H,10,12)/b11-7+/t15-/m1/s1. The van der Waals surface area contributed by atoms with E-state index in [1.807, 2.05) is 20.8 Å². The van der Waals surface area contributed by atoms with Gasteiger partial charge in [-0.1, -0.05) is 25.9 Å². The highest BCUT2D eigenvalue weighted by Crippen LogP contribution is 2.17. The summed E-state index contributed by atoms with van der Waals surface area (Å²) in [4.78, 5) is 15.4. The van der Waals surface area contributed by atoms with E-state index in [0.717, 1.165) is 0 Å². The number of nitrogens with zero attached hydrogens (tertiary/aromatic N) is 1. The first-order valence-electron chi connectivity index (χ1n) is 4.53. The summed E-state index contributed by atoms with van der Waals surface area (Å²) < 4.78 is 11.1. The summed E-state index contributed by atoms with van der Waals surface area (Å²) in [6, 6.07) is 0. The molecule has 0 saturated carbocycles. The van der Waals surface area contributed by atoms with E-state index in [-0.39, 0.29) is 5.41 Å². The van der Waals surface area contributed by atoms with Crippen LogP contribution in [0.15, 0.2) is 5.16 Å². The predicted octanol–water partition coefficient (Wildman–Crippen LogP) is 1.12. The van der Waals surface area contributed by atoms with E-state index in [9.17, 15) is 9.00 Å². The van der Waals surface area contributed by atoms with E-state index in [1.165, 1.54) is 7.05 Å². The molecule has 0 bridgehead atoms. The summed E-state index contributed by atoms with van der Waals surface area (Å²) in [7, 11) is 0.450. The Morgan fingerprint density at radius 2 is 2.00 bits per heavy atom. The number of carbonyl (C=O) groups excluding carboxylic acids is 1. The van der Waals surface area contributed by atoms with Gasteiger partial charge in [0.1, 0.15) is 0 Å². The lowest BCUT2D eigenvalue weighted by molar-refractivity contribution is 0.152. The van der Waals surface area contributed by atoms with Crippen LogP contribution in [0, 0.1) is 5.41 Å². The van der Waals surface area contributed by atoms with Gasteiger partial charge in [-0.15, -0.1) is 0 Å². The lowest BCUT2D eigenvalue weighted by Gasteiger charge is -2.19. The fraction of sp³-hybridized carbons (Fsp3) is 0.778. The highest BCUT2D eigenvalue weighted by molar-refractivity contribution is 7.85. The van der Waals surface area contributed by atoms with Gasteiger partial charge in [0.05, 0.1) is 11.5 Å². The van der Waals surface area contributed by atoms with Crippen LogP contribution in [0.5, 0.6) is 0 Å². The molecule has 1 amide bonds. The Hall–Kier alpha value is -0.910. The minimum absolute atomic E-state index is 0.264. The summed E-state index contributed by atoms with van der Waals surface area (Å²) in [6.07, 6.45) is 0.958. The second-order valence-electron chi connectivity index (χ2n) is 4.13. The van der Waals surface area contributed by atoms with Crippen molar-refractivity contribution in [1.82, 2.24) is 5.32 Å². The largest absolute Gasteiger partial charge is 0.433 e. The number of oxime groups is 1. The maximum Gasteiger partial charge on any atom is 0.433 e. The smallest absolute Gasteiger partial charge is 0.323 e. The first-order valence-corrected chi connectivity index (χ1v) is 6.26. The second kappa shape index (κ2) is 5.85. The third-order valence-electron chi connectivity index (χ3n) is 1.65. The monoisotopic (exact) mass is 234 g/mol. The van der Waals surface area contributed by atoms with Crippen molar-refractivity contribution < 1.29 is 13.8 Å². The molecule has 6 heteroatoms. The van der Waals surface area contributed by atoms with Crippen LogP contribution in [-0.4, -0.2) is 35.1 Å². The van der Waals surface area contributed by atoms with Gasteiger partial charge in [0.15, 0.2) is 0 Å². The lowest BCUT2D eigenvalue weighted by atomic mass is 9.91. The number of carbonyl (C=O) groups is 1. The van der Waals surface area contributed by atoms with E-state index < -0.39 is 16.9 Å². The van der Waals surface area contributed by atoms with Gasteiger partial charge in [-0.05, 0) is 0 Å². The van der Waals surface area contributed by atoms with Crippen molar-refractivity contribution >= 4 is 22.6 Å². The van der Waals surface area contributed by atoms with Crippen molar-refractivity contribution in [2.24, 2.45) is 10.6 Å². The fourth-order valence-electron chi connectivity index (χ4n) is 0.715. The topological polar surface area (TPSA) is 67.8 Å². The van der Waals surface area contributed by atoms with Gasteiger partial charge in [-0.3, -0.25) is 9.05 Å². The molecule has 0 unspecified atom stereocenters. The minimum atomic E-state index is -1.00. The number of rotatable bonds is 3. The van der Waals surface area contributed by atoms with Crippen molar-refractivity contribution in [2.75, 3.05) is 19.1 Å². The maximum atomic E-state index is 11.1. The molecule has 1 atom stereocenters. The molecule has 0 aromatic carbocycles. The van der Waals surface area contributed by atoms with Gasteiger partial charge < -0.3 is 5.32 Å². The zero-order valence-electron chi connectivity index (χ0n) is 9.79. The molecule has 1 N–H and O–H groups in total.